The van der Waals surface area contributed by atoms with Crippen molar-refractivity contribution in [2.45, 2.75) is 31.2 Å². The van der Waals surface area contributed by atoms with Crippen LogP contribution in [0.2, 0.25) is 5.02 Å². The van der Waals surface area contributed by atoms with Crippen molar-refractivity contribution in [2.24, 2.45) is 0 Å². The topological polar surface area (TPSA) is 135 Å². The Labute approximate surface area is 242 Å². The molecule has 2 aliphatic heterocycles. The monoisotopic (exact) mass is 581 g/mol. The molecule has 1 fully saturated rings. The number of aromatic nitrogens is 2. The minimum atomic E-state index is -0.756. The molecular formula is C29H32ClN5O6. The van der Waals surface area contributed by atoms with Crippen LogP contribution in [-0.2, 0) is 14.3 Å². The van der Waals surface area contributed by atoms with Crippen LogP contribution < -0.4 is 15.4 Å². The molecular weight excluding hydrogens is 550 g/mol. The molecule has 216 valence electrons. The number of halogens is 1. The second-order valence-electron chi connectivity index (χ2n) is 9.82. The number of methoxy groups -OCH3 is 2. The highest BCUT2D eigenvalue weighted by atomic mass is 35.5. The van der Waals surface area contributed by atoms with Crippen LogP contribution in [0.1, 0.15) is 46.6 Å². The van der Waals surface area contributed by atoms with Gasteiger partial charge in [0.25, 0.3) is 5.91 Å². The number of aliphatic hydroxyl groups is 1. The smallest absolute Gasteiger partial charge is 0.257 e. The van der Waals surface area contributed by atoms with Crippen LogP contribution in [0.3, 0.4) is 0 Å². The summed E-state index contributed by atoms with van der Waals surface area (Å²) in [7, 11) is 3.02. The number of carbonyl (C=O) groups is 2. The van der Waals surface area contributed by atoms with Crippen molar-refractivity contribution in [1.82, 2.24) is 20.2 Å². The molecule has 41 heavy (non-hydrogen) atoms. The van der Waals surface area contributed by atoms with Gasteiger partial charge in [0.1, 0.15) is 12.3 Å². The molecule has 0 unspecified atom stereocenters. The Hall–Kier alpha value is -3.77. The zero-order valence-electron chi connectivity index (χ0n) is 22.8. The fourth-order valence-corrected chi connectivity index (χ4v) is 5.29. The largest absolute Gasteiger partial charge is 0.497 e. The Bertz CT molecular complexity index is 1420. The molecule has 11 nitrogen and oxygen atoms in total. The number of amides is 2. The van der Waals surface area contributed by atoms with Gasteiger partial charge in [0.2, 0.25) is 11.9 Å². The molecule has 3 N–H and O–H groups in total. The number of nitrogens with zero attached hydrogens (tertiary/aromatic N) is 3. The quantitative estimate of drug-likeness (QED) is 0.329. The zero-order chi connectivity index (χ0) is 28.9. The molecule has 2 aromatic carbocycles. The van der Waals surface area contributed by atoms with Crippen LogP contribution in [0.5, 0.6) is 5.75 Å². The summed E-state index contributed by atoms with van der Waals surface area (Å²) >= 11 is 6.47. The molecule has 0 radical (unpaired) electrons. The molecule has 5 rings (SSSR count). The van der Waals surface area contributed by atoms with Crippen LogP contribution in [0.4, 0.5) is 5.95 Å². The number of aliphatic hydroxyl groups excluding tert-OH is 1. The molecule has 1 saturated heterocycles. The normalized spacial score (nSPS) is 17.7. The minimum Gasteiger partial charge on any atom is -0.497 e. The van der Waals surface area contributed by atoms with Gasteiger partial charge in [-0.15, -0.1) is 0 Å². The minimum absolute atomic E-state index is 0.205. The predicted octanol–water partition coefficient (Wildman–Crippen LogP) is 3.35. The second-order valence-corrected chi connectivity index (χ2v) is 10.2. The van der Waals surface area contributed by atoms with Gasteiger partial charge in [-0.1, -0.05) is 35.9 Å². The van der Waals surface area contributed by atoms with E-state index in [-0.39, 0.29) is 25.1 Å². The van der Waals surface area contributed by atoms with E-state index in [9.17, 15) is 14.7 Å². The Kier molecular flexibility index (Phi) is 8.99. The maximum Gasteiger partial charge on any atom is 0.257 e. The van der Waals surface area contributed by atoms with E-state index < -0.39 is 18.2 Å². The number of rotatable bonds is 10. The number of anilines is 1. The highest BCUT2D eigenvalue weighted by Crippen LogP contribution is 2.37. The Balaban J connectivity index is 1.33. The molecule has 0 saturated carbocycles. The molecule has 12 heteroatoms. The highest BCUT2D eigenvalue weighted by molar-refractivity contribution is 6.33. The number of carbonyl (C=O) groups excluding carboxylic acids is 2. The summed E-state index contributed by atoms with van der Waals surface area (Å²) in [6, 6.07) is 11.9. The summed E-state index contributed by atoms with van der Waals surface area (Å²) < 4.78 is 16.3. The Morgan fingerprint density at radius 2 is 2.02 bits per heavy atom. The van der Waals surface area contributed by atoms with Crippen LogP contribution >= 0.6 is 11.6 Å². The molecule has 2 amide bonds. The average Bonchev–Trinajstić information content (AvgIpc) is 3.26. The number of benzene rings is 2. The van der Waals surface area contributed by atoms with E-state index in [0.29, 0.717) is 57.9 Å². The third-order valence-corrected chi connectivity index (χ3v) is 7.49. The fraction of sp³-hybridized carbons (Fsp3) is 0.379. The van der Waals surface area contributed by atoms with Crippen molar-refractivity contribution in [3.05, 3.63) is 70.4 Å². The Morgan fingerprint density at radius 3 is 2.76 bits per heavy atom. The molecule has 0 spiro atoms. The van der Waals surface area contributed by atoms with E-state index in [1.807, 2.05) is 6.07 Å². The van der Waals surface area contributed by atoms with Crippen molar-refractivity contribution in [3.63, 3.8) is 0 Å². The van der Waals surface area contributed by atoms with E-state index in [1.54, 1.807) is 43.5 Å². The van der Waals surface area contributed by atoms with Crippen LogP contribution in [0.25, 0.3) is 11.3 Å². The number of ether oxygens (including phenoxy) is 3. The number of fused-ring (bicyclic) bond motifs is 1. The third-order valence-electron chi connectivity index (χ3n) is 7.22. The molecule has 1 aromatic heterocycles. The summed E-state index contributed by atoms with van der Waals surface area (Å²) in [6.45, 7) is 0.772. The predicted molar refractivity (Wildman–Crippen MR) is 152 cm³/mol. The summed E-state index contributed by atoms with van der Waals surface area (Å²) in [5, 5.41) is 16.4. The molecule has 3 heterocycles. The lowest BCUT2D eigenvalue weighted by Crippen LogP contribution is -2.41. The lowest BCUT2D eigenvalue weighted by atomic mass is 10.0. The van der Waals surface area contributed by atoms with E-state index >= 15 is 0 Å². The van der Waals surface area contributed by atoms with E-state index in [1.165, 1.54) is 18.2 Å². The molecule has 2 atom stereocenters. The maximum atomic E-state index is 13.5. The van der Waals surface area contributed by atoms with Crippen LogP contribution in [0, 0.1) is 0 Å². The highest BCUT2D eigenvalue weighted by Gasteiger charge is 2.38. The van der Waals surface area contributed by atoms with Gasteiger partial charge in [-0.3, -0.25) is 14.5 Å². The molecule has 0 bridgehead atoms. The zero-order valence-corrected chi connectivity index (χ0v) is 23.6. The maximum absolute atomic E-state index is 13.5. The van der Waals surface area contributed by atoms with Crippen molar-refractivity contribution < 1.29 is 28.9 Å². The van der Waals surface area contributed by atoms with Gasteiger partial charge in [0.15, 0.2) is 6.23 Å². The van der Waals surface area contributed by atoms with Crippen LogP contribution in [-0.4, -0.2) is 78.4 Å². The lowest BCUT2D eigenvalue weighted by Gasteiger charge is -2.25. The van der Waals surface area contributed by atoms with Crippen molar-refractivity contribution >= 4 is 29.4 Å². The number of hydrogen-bond donors (Lipinski definition) is 3. The first-order valence-corrected chi connectivity index (χ1v) is 13.7. The molecule has 3 aromatic rings. The fourth-order valence-electron chi connectivity index (χ4n) is 5.09. The second kappa shape index (κ2) is 12.8. The first-order chi connectivity index (χ1) is 19.9. The summed E-state index contributed by atoms with van der Waals surface area (Å²) in [5.74, 6) is 0.242. The van der Waals surface area contributed by atoms with Gasteiger partial charge in [0, 0.05) is 43.1 Å². The molecule has 0 aliphatic carbocycles. The van der Waals surface area contributed by atoms with Gasteiger partial charge in [-0.05, 0) is 36.6 Å². The number of nitrogens with one attached hydrogen (secondary N) is 2. The first-order valence-electron chi connectivity index (χ1n) is 13.3. The van der Waals surface area contributed by atoms with Crippen molar-refractivity contribution in [1.29, 1.82) is 0 Å². The first kappa shape index (κ1) is 28.7. The van der Waals surface area contributed by atoms with Crippen LogP contribution in [0.15, 0.2) is 48.7 Å². The van der Waals surface area contributed by atoms with Gasteiger partial charge >= 0.3 is 0 Å². The number of hydrogen-bond acceptors (Lipinski definition) is 9. The standard InChI is InChI=1S/C29H32ClN5O6/c1-39-20-5-3-4-17(12-20)24(16-36)33-25(37)15-35-27(38)22-13-18(6-7-21(22)28(35)40-2)26-23(30)14-31-29(34-26)32-19-8-10-41-11-9-19/h3-7,12-14,19,24,28,36H,8-11,15-16H2,1-2H3,(H,33,37)(H,31,32,34)/t24-,28-/m1/s1. The van der Waals surface area contributed by atoms with Crippen molar-refractivity contribution in [2.75, 3.05) is 45.9 Å². The third kappa shape index (κ3) is 6.28. The summed E-state index contributed by atoms with van der Waals surface area (Å²) in [5.41, 5.74) is 2.82. The van der Waals surface area contributed by atoms with Crippen molar-refractivity contribution in [3.8, 4) is 17.0 Å². The van der Waals surface area contributed by atoms with Gasteiger partial charge in [-0.2, -0.15) is 0 Å². The SMILES string of the molecule is COc1cccc([C@@H](CO)NC(=O)CN2C(=O)c3cc(-c4nc(NC5CCOCC5)ncc4Cl)ccc3[C@H]2OC)c1. The van der Waals surface area contributed by atoms with E-state index in [4.69, 9.17) is 25.8 Å². The summed E-state index contributed by atoms with van der Waals surface area (Å²) in [6.07, 6.45) is 2.49. The molecule has 2 aliphatic rings. The van der Waals surface area contributed by atoms with Gasteiger partial charge in [-0.25, -0.2) is 9.97 Å². The Morgan fingerprint density at radius 1 is 1.22 bits per heavy atom. The average molecular weight is 582 g/mol. The van der Waals surface area contributed by atoms with Gasteiger partial charge in [0.05, 0.1) is 36.7 Å². The van der Waals surface area contributed by atoms with E-state index in [0.717, 1.165) is 12.8 Å². The lowest BCUT2D eigenvalue weighted by molar-refractivity contribution is -0.125. The summed E-state index contributed by atoms with van der Waals surface area (Å²) in [4.78, 5) is 36.9. The van der Waals surface area contributed by atoms with E-state index in [2.05, 4.69) is 20.6 Å². The van der Waals surface area contributed by atoms with Gasteiger partial charge < -0.3 is 30.0 Å².